The third kappa shape index (κ3) is 5.11. The monoisotopic (exact) mass is 385 g/mol. The Bertz CT molecular complexity index is 750. The topological polar surface area (TPSA) is 45.8 Å². The van der Waals surface area contributed by atoms with E-state index >= 15 is 0 Å². The second kappa shape index (κ2) is 9.58. The molecule has 0 amide bonds. The number of nitrogens with zero attached hydrogens (tertiary/aromatic N) is 1. The van der Waals surface area contributed by atoms with Crippen molar-refractivity contribution in [1.29, 1.82) is 0 Å². The summed E-state index contributed by atoms with van der Waals surface area (Å²) >= 11 is 5.48. The van der Waals surface area contributed by atoms with Crippen LogP contribution in [0.15, 0.2) is 48.5 Å². The highest BCUT2D eigenvalue weighted by molar-refractivity contribution is 7.80. The molecule has 0 saturated carbocycles. The number of rotatable bonds is 8. The fourth-order valence-corrected chi connectivity index (χ4v) is 3.44. The van der Waals surface area contributed by atoms with Crippen LogP contribution in [0.1, 0.15) is 31.0 Å². The Morgan fingerprint density at radius 2 is 1.78 bits per heavy atom. The van der Waals surface area contributed by atoms with Gasteiger partial charge in [0.25, 0.3) is 0 Å². The van der Waals surface area contributed by atoms with Gasteiger partial charge in [-0.3, -0.25) is 4.90 Å². The van der Waals surface area contributed by atoms with Gasteiger partial charge >= 0.3 is 0 Å². The molecule has 0 bridgehead atoms. The van der Waals surface area contributed by atoms with Gasteiger partial charge < -0.3 is 20.1 Å². The Morgan fingerprint density at radius 1 is 1.04 bits per heavy atom. The van der Waals surface area contributed by atoms with E-state index < -0.39 is 0 Å². The summed E-state index contributed by atoms with van der Waals surface area (Å²) in [6, 6.07) is 16.8. The molecule has 0 fully saturated rings. The summed E-state index contributed by atoms with van der Waals surface area (Å²) in [6.07, 6.45) is 0. The summed E-state index contributed by atoms with van der Waals surface area (Å²) in [5, 5.41) is 7.31. The van der Waals surface area contributed by atoms with Crippen molar-refractivity contribution in [3.63, 3.8) is 0 Å². The van der Waals surface area contributed by atoms with Crippen LogP contribution < -0.4 is 20.1 Å². The van der Waals surface area contributed by atoms with Gasteiger partial charge in [0, 0.05) is 13.1 Å². The normalized spacial score (nSPS) is 13.4. The number of thiocarbonyl (C=S) groups is 1. The third-order valence-corrected chi connectivity index (χ3v) is 5.07. The number of hydrogen-bond acceptors (Lipinski definition) is 4. The van der Waals surface area contributed by atoms with Crippen molar-refractivity contribution in [3.8, 4) is 11.5 Å². The van der Waals surface area contributed by atoms with E-state index in [4.69, 9.17) is 21.7 Å². The molecule has 0 saturated heterocycles. The quantitative estimate of drug-likeness (QED) is 0.679. The van der Waals surface area contributed by atoms with Crippen LogP contribution in [0, 0.1) is 0 Å². The van der Waals surface area contributed by atoms with Crippen LogP contribution in [0.25, 0.3) is 0 Å². The van der Waals surface area contributed by atoms with Gasteiger partial charge in [0.1, 0.15) is 0 Å². The lowest BCUT2D eigenvalue weighted by Crippen LogP contribution is -2.41. The first-order valence-electron chi connectivity index (χ1n) is 9.40. The van der Waals surface area contributed by atoms with Crippen LogP contribution in [0.2, 0.25) is 0 Å². The molecule has 0 spiro atoms. The lowest BCUT2D eigenvalue weighted by molar-refractivity contribution is 0.174. The van der Waals surface area contributed by atoms with Crippen LogP contribution in [0.5, 0.6) is 11.5 Å². The summed E-state index contributed by atoms with van der Waals surface area (Å²) < 4.78 is 10.8. The molecule has 2 aromatic rings. The Kier molecular flexibility index (Phi) is 6.90. The molecule has 1 atom stereocenters. The zero-order chi connectivity index (χ0) is 19.1. The van der Waals surface area contributed by atoms with Crippen molar-refractivity contribution < 1.29 is 9.47 Å². The van der Waals surface area contributed by atoms with E-state index in [9.17, 15) is 0 Å². The van der Waals surface area contributed by atoms with Gasteiger partial charge in [0.15, 0.2) is 16.6 Å². The van der Waals surface area contributed by atoms with Gasteiger partial charge in [-0.15, -0.1) is 0 Å². The lowest BCUT2D eigenvalue weighted by atomic mass is 10.1. The molecule has 0 aromatic heterocycles. The van der Waals surface area contributed by atoms with Gasteiger partial charge in [0.2, 0.25) is 6.79 Å². The van der Waals surface area contributed by atoms with Crippen LogP contribution >= 0.6 is 12.2 Å². The number of fused-ring (bicyclic) bond motifs is 1. The zero-order valence-electron chi connectivity index (χ0n) is 15.9. The predicted molar refractivity (Wildman–Crippen MR) is 112 cm³/mol. The maximum atomic E-state index is 5.48. The molecule has 6 heteroatoms. The largest absolute Gasteiger partial charge is 0.454 e. The highest BCUT2D eigenvalue weighted by Gasteiger charge is 2.18. The zero-order valence-corrected chi connectivity index (χ0v) is 16.7. The average molecular weight is 386 g/mol. The van der Waals surface area contributed by atoms with Crippen LogP contribution in [0.3, 0.4) is 0 Å². The van der Waals surface area contributed by atoms with E-state index in [1.54, 1.807) is 0 Å². The van der Waals surface area contributed by atoms with E-state index in [1.807, 2.05) is 24.3 Å². The van der Waals surface area contributed by atoms with Gasteiger partial charge in [-0.25, -0.2) is 0 Å². The van der Waals surface area contributed by atoms with Crippen molar-refractivity contribution in [3.05, 3.63) is 59.7 Å². The van der Waals surface area contributed by atoms with Crippen LogP contribution in [-0.2, 0) is 6.54 Å². The van der Waals surface area contributed by atoms with Crippen molar-refractivity contribution in [1.82, 2.24) is 15.5 Å². The lowest BCUT2D eigenvalue weighted by Gasteiger charge is -2.30. The Hall–Kier alpha value is -2.31. The standard InChI is InChI=1S/C21H27N3O2S/c1-3-24(4-2)18(17-8-6-5-7-9-17)14-23-21(27)22-13-16-10-11-19-20(12-16)26-15-25-19/h5-12,18H,3-4,13-15H2,1-2H3,(H2,22,23,27)/t18-/m1/s1. The number of ether oxygens (including phenoxy) is 2. The molecule has 144 valence electrons. The fourth-order valence-electron chi connectivity index (χ4n) is 3.28. The maximum Gasteiger partial charge on any atom is 0.231 e. The third-order valence-electron chi connectivity index (χ3n) is 4.78. The molecule has 3 rings (SSSR count). The molecule has 0 aliphatic carbocycles. The first-order valence-corrected chi connectivity index (χ1v) is 9.81. The fraction of sp³-hybridized carbons (Fsp3) is 0.381. The summed E-state index contributed by atoms with van der Waals surface area (Å²) in [6.45, 7) is 8.07. The summed E-state index contributed by atoms with van der Waals surface area (Å²) in [5.41, 5.74) is 2.40. The SMILES string of the molecule is CCN(CC)[C@H](CNC(=S)NCc1ccc2c(c1)OCO2)c1ccccc1. The molecule has 2 aromatic carbocycles. The van der Waals surface area contributed by atoms with Crippen LogP contribution in [0.4, 0.5) is 0 Å². The van der Waals surface area contributed by atoms with Crippen LogP contribution in [-0.4, -0.2) is 36.4 Å². The van der Waals surface area contributed by atoms with Gasteiger partial charge in [0.05, 0.1) is 6.04 Å². The molecule has 0 radical (unpaired) electrons. The summed E-state index contributed by atoms with van der Waals surface area (Å²) in [7, 11) is 0. The molecule has 27 heavy (non-hydrogen) atoms. The number of benzene rings is 2. The Labute approximate surface area is 166 Å². The first kappa shape index (κ1) is 19.5. The van der Waals surface area contributed by atoms with Gasteiger partial charge in [-0.1, -0.05) is 50.2 Å². The molecule has 2 N–H and O–H groups in total. The number of nitrogens with one attached hydrogen (secondary N) is 2. The van der Waals surface area contributed by atoms with Gasteiger partial charge in [-0.05, 0) is 48.6 Å². The van der Waals surface area contributed by atoms with Crippen molar-refractivity contribution in [2.24, 2.45) is 0 Å². The Balaban J connectivity index is 1.54. The second-order valence-corrected chi connectivity index (χ2v) is 6.81. The highest BCUT2D eigenvalue weighted by atomic mass is 32.1. The van der Waals surface area contributed by atoms with E-state index in [0.29, 0.717) is 18.5 Å². The minimum absolute atomic E-state index is 0.284. The van der Waals surface area contributed by atoms with Gasteiger partial charge in [-0.2, -0.15) is 0 Å². The number of likely N-dealkylation sites (N-methyl/N-ethyl adjacent to an activating group) is 1. The molecule has 0 unspecified atom stereocenters. The smallest absolute Gasteiger partial charge is 0.231 e. The minimum atomic E-state index is 0.284. The van der Waals surface area contributed by atoms with E-state index in [-0.39, 0.29) is 6.04 Å². The molecule has 1 heterocycles. The predicted octanol–water partition coefficient (Wildman–Crippen LogP) is 3.46. The maximum absolute atomic E-state index is 5.48. The second-order valence-electron chi connectivity index (χ2n) is 6.40. The first-order chi connectivity index (χ1) is 13.2. The van der Waals surface area contributed by atoms with Crippen molar-refractivity contribution >= 4 is 17.3 Å². The molecule has 1 aliphatic heterocycles. The summed E-state index contributed by atoms with van der Waals surface area (Å²) in [4.78, 5) is 2.43. The van der Waals surface area contributed by atoms with E-state index in [0.717, 1.165) is 36.7 Å². The van der Waals surface area contributed by atoms with E-state index in [1.165, 1.54) is 5.56 Å². The molecule has 1 aliphatic rings. The molecular weight excluding hydrogens is 358 g/mol. The summed E-state index contributed by atoms with van der Waals surface area (Å²) in [5.74, 6) is 1.59. The number of hydrogen-bond donors (Lipinski definition) is 2. The van der Waals surface area contributed by atoms with E-state index in [2.05, 4.69) is 53.6 Å². The molecular formula is C21H27N3O2S. The average Bonchev–Trinajstić information content (AvgIpc) is 3.18. The van der Waals surface area contributed by atoms with Crippen molar-refractivity contribution in [2.45, 2.75) is 26.4 Å². The minimum Gasteiger partial charge on any atom is -0.454 e. The Morgan fingerprint density at radius 3 is 2.52 bits per heavy atom. The highest BCUT2D eigenvalue weighted by Crippen LogP contribution is 2.32. The van der Waals surface area contributed by atoms with Crippen molar-refractivity contribution in [2.75, 3.05) is 26.4 Å². The molecule has 5 nitrogen and oxygen atoms in total.